The van der Waals surface area contributed by atoms with E-state index in [1.54, 1.807) is 37.4 Å². The Morgan fingerprint density at radius 2 is 1.93 bits per heavy atom. The number of nitrogens with zero attached hydrogens (tertiary/aromatic N) is 4. The molecule has 0 saturated heterocycles. The largest absolute Gasteiger partial charge is 0.495 e. The third-order valence-electron chi connectivity index (χ3n) is 4.01. The van der Waals surface area contributed by atoms with E-state index in [4.69, 9.17) is 15.3 Å². The lowest BCUT2D eigenvalue weighted by Gasteiger charge is -2.12. The Kier molecular flexibility index (Phi) is 6.03. The first-order valence-corrected chi connectivity index (χ1v) is 8.67. The monoisotopic (exact) mass is 387 g/mol. The van der Waals surface area contributed by atoms with Crippen molar-refractivity contribution < 1.29 is 4.74 Å². The van der Waals surface area contributed by atoms with Gasteiger partial charge in [0.1, 0.15) is 5.75 Å². The number of methoxy groups -OCH3 is 1. The molecule has 9 heteroatoms. The average molecular weight is 387 g/mol. The Morgan fingerprint density at radius 1 is 1.14 bits per heavy atom. The number of hydrogen-bond donors (Lipinski definition) is 3. The van der Waals surface area contributed by atoms with Crippen molar-refractivity contribution in [3.63, 3.8) is 0 Å². The van der Waals surface area contributed by atoms with Crippen LogP contribution in [0.15, 0.2) is 47.3 Å². The topological polar surface area (TPSA) is 140 Å². The molecule has 0 unspecified atom stereocenters. The molecule has 0 amide bonds. The normalized spacial score (nSPS) is 9.90. The lowest BCUT2D eigenvalue weighted by molar-refractivity contribution is 0.416. The van der Waals surface area contributed by atoms with Crippen molar-refractivity contribution in [3.05, 3.63) is 63.9 Å². The van der Waals surface area contributed by atoms with Gasteiger partial charge in [-0.25, -0.2) is 5.10 Å². The van der Waals surface area contributed by atoms with Gasteiger partial charge in [0.2, 0.25) is 11.8 Å². The van der Waals surface area contributed by atoms with Crippen molar-refractivity contribution in [2.75, 3.05) is 17.7 Å². The predicted octanol–water partition coefficient (Wildman–Crippen LogP) is 2.99. The van der Waals surface area contributed by atoms with E-state index in [0.29, 0.717) is 35.5 Å². The van der Waals surface area contributed by atoms with E-state index in [2.05, 4.69) is 31.9 Å². The predicted molar refractivity (Wildman–Crippen MR) is 107 cm³/mol. The van der Waals surface area contributed by atoms with Gasteiger partial charge in [0.05, 0.1) is 30.5 Å². The molecule has 3 aromatic rings. The molecule has 0 aliphatic heterocycles. The number of nitriles is 2. The third-order valence-corrected chi connectivity index (χ3v) is 4.01. The van der Waals surface area contributed by atoms with E-state index in [-0.39, 0.29) is 11.8 Å². The van der Waals surface area contributed by atoms with Crippen molar-refractivity contribution >= 4 is 23.1 Å². The van der Waals surface area contributed by atoms with Gasteiger partial charge in [-0.3, -0.25) is 4.79 Å². The fourth-order valence-corrected chi connectivity index (χ4v) is 2.56. The summed E-state index contributed by atoms with van der Waals surface area (Å²) in [4.78, 5) is 16.3. The van der Waals surface area contributed by atoms with Crippen LogP contribution in [-0.2, 0) is 6.42 Å². The molecule has 0 fully saturated rings. The van der Waals surface area contributed by atoms with Gasteiger partial charge in [-0.15, -0.1) is 5.10 Å². The summed E-state index contributed by atoms with van der Waals surface area (Å²) < 4.78 is 5.39. The Bertz CT molecular complexity index is 1140. The van der Waals surface area contributed by atoms with Crippen LogP contribution in [0.3, 0.4) is 0 Å². The van der Waals surface area contributed by atoms with E-state index in [1.165, 1.54) is 0 Å². The zero-order chi connectivity index (χ0) is 20.6. The van der Waals surface area contributed by atoms with Crippen molar-refractivity contribution in [2.45, 2.75) is 12.8 Å². The Labute approximate surface area is 166 Å². The highest BCUT2D eigenvalue weighted by Gasteiger charge is 2.10. The molecule has 0 atom stereocenters. The number of benzene rings is 2. The molecule has 1 aromatic heterocycles. The van der Waals surface area contributed by atoms with Gasteiger partial charge >= 0.3 is 5.56 Å². The molecule has 3 N–H and O–H groups in total. The summed E-state index contributed by atoms with van der Waals surface area (Å²) in [6.45, 7) is 0. The highest BCUT2D eigenvalue weighted by atomic mass is 16.5. The second kappa shape index (κ2) is 9.02. The number of rotatable bonds is 7. The molecule has 0 saturated carbocycles. The average Bonchev–Trinajstić information content (AvgIpc) is 2.75. The summed E-state index contributed by atoms with van der Waals surface area (Å²) in [6, 6.07) is 16.3. The number of aromatic amines is 1. The van der Waals surface area contributed by atoms with Crippen LogP contribution < -0.4 is 20.9 Å². The maximum Gasteiger partial charge on any atom is 0.307 e. The van der Waals surface area contributed by atoms with Gasteiger partial charge < -0.3 is 15.4 Å². The van der Waals surface area contributed by atoms with E-state index in [0.717, 1.165) is 5.56 Å². The summed E-state index contributed by atoms with van der Waals surface area (Å²) in [5.41, 5.74) is 2.22. The highest BCUT2D eigenvalue weighted by Crippen LogP contribution is 2.28. The van der Waals surface area contributed by atoms with Crippen molar-refractivity contribution in [1.29, 1.82) is 10.5 Å². The minimum absolute atomic E-state index is 0.0526. The molecular weight excluding hydrogens is 370 g/mol. The van der Waals surface area contributed by atoms with E-state index in [9.17, 15) is 4.79 Å². The third kappa shape index (κ3) is 4.87. The fraction of sp³-hybridized carbons (Fsp3) is 0.150. The second-order valence-corrected chi connectivity index (χ2v) is 5.97. The van der Waals surface area contributed by atoms with Crippen molar-refractivity contribution in [3.8, 4) is 17.9 Å². The molecule has 0 spiro atoms. The molecule has 2 aromatic carbocycles. The van der Waals surface area contributed by atoms with Crippen LogP contribution in [0.5, 0.6) is 5.75 Å². The first-order valence-electron chi connectivity index (χ1n) is 8.67. The van der Waals surface area contributed by atoms with Crippen LogP contribution in [0, 0.1) is 22.7 Å². The van der Waals surface area contributed by atoms with Gasteiger partial charge in [-0.1, -0.05) is 6.07 Å². The van der Waals surface area contributed by atoms with Crippen molar-refractivity contribution in [2.24, 2.45) is 0 Å². The minimum Gasteiger partial charge on any atom is -0.495 e. The van der Waals surface area contributed by atoms with Gasteiger partial charge in [0, 0.05) is 12.1 Å². The number of aryl methyl sites for hydroxylation is 1. The van der Waals surface area contributed by atoms with Crippen LogP contribution in [-0.4, -0.2) is 22.3 Å². The van der Waals surface area contributed by atoms with Crippen LogP contribution in [0.2, 0.25) is 0 Å². The first kappa shape index (κ1) is 19.4. The molecule has 3 rings (SSSR count). The van der Waals surface area contributed by atoms with Crippen LogP contribution in [0.25, 0.3) is 0 Å². The highest BCUT2D eigenvalue weighted by molar-refractivity contribution is 5.64. The van der Waals surface area contributed by atoms with Crippen LogP contribution in [0.1, 0.15) is 17.5 Å². The smallest absolute Gasteiger partial charge is 0.307 e. The van der Waals surface area contributed by atoms with Gasteiger partial charge in [0.25, 0.3) is 0 Å². The molecule has 0 bridgehead atoms. The molecule has 1 heterocycles. The standard InChI is InChI=1S/C20H17N7O2/c1-29-17-11-13(3-2-10-21)6-9-16(17)24-20-25-18(19(28)26-27-20)23-15-7-4-14(12-22)5-8-15/h4-9,11H,2-3H2,1H3,(H,26,28)(H2,23,24,25,27). The SMILES string of the molecule is COc1cc(CCC#N)ccc1Nc1n[nH]c(=O)c(Nc2ccc(C#N)cc2)n1. The van der Waals surface area contributed by atoms with Gasteiger partial charge in [0.15, 0.2) is 0 Å². The summed E-state index contributed by atoms with van der Waals surface area (Å²) in [7, 11) is 1.54. The lowest BCUT2D eigenvalue weighted by atomic mass is 10.1. The van der Waals surface area contributed by atoms with E-state index in [1.807, 2.05) is 18.2 Å². The maximum absolute atomic E-state index is 12.0. The molecule has 144 valence electrons. The first-order chi connectivity index (χ1) is 14.1. The van der Waals surface area contributed by atoms with Gasteiger partial charge in [-0.2, -0.15) is 15.5 Å². The zero-order valence-electron chi connectivity index (χ0n) is 15.6. The molecular formula is C20H17N7O2. The number of ether oxygens (including phenoxy) is 1. The minimum atomic E-state index is -0.487. The number of anilines is 4. The molecule has 0 aliphatic carbocycles. The quantitative estimate of drug-likeness (QED) is 0.562. The Balaban J connectivity index is 1.81. The zero-order valence-corrected chi connectivity index (χ0v) is 15.6. The summed E-state index contributed by atoms with van der Waals surface area (Å²) >= 11 is 0. The number of hydrogen-bond acceptors (Lipinski definition) is 8. The fourth-order valence-electron chi connectivity index (χ4n) is 2.56. The van der Waals surface area contributed by atoms with Crippen LogP contribution in [0.4, 0.5) is 23.1 Å². The number of nitrogens with one attached hydrogen (secondary N) is 3. The molecule has 29 heavy (non-hydrogen) atoms. The lowest BCUT2D eigenvalue weighted by Crippen LogP contribution is -2.17. The van der Waals surface area contributed by atoms with Gasteiger partial charge in [-0.05, 0) is 48.4 Å². The van der Waals surface area contributed by atoms with Crippen molar-refractivity contribution in [1.82, 2.24) is 15.2 Å². The molecule has 9 nitrogen and oxygen atoms in total. The Hall–Kier alpha value is -4.37. The molecule has 0 radical (unpaired) electrons. The van der Waals surface area contributed by atoms with E-state index < -0.39 is 5.56 Å². The summed E-state index contributed by atoms with van der Waals surface area (Å²) in [5.74, 6) is 0.789. The summed E-state index contributed by atoms with van der Waals surface area (Å²) in [5, 5.41) is 29.8. The second-order valence-electron chi connectivity index (χ2n) is 5.97. The van der Waals surface area contributed by atoms with E-state index >= 15 is 0 Å². The number of H-pyrrole nitrogens is 1. The van der Waals surface area contributed by atoms with Crippen LogP contribution >= 0.6 is 0 Å². The number of aromatic nitrogens is 3. The Morgan fingerprint density at radius 3 is 2.62 bits per heavy atom. The maximum atomic E-state index is 12.0. The summed E-state index contributed by atoms with van der Waals surface area (Å²) in [6.07, 6.45) is 1.05. The molecule has 0 aliphatic rings.